The van der Waals surface area contributed by atoms with Gasteiger partial charge in [-0.1, -0.05) is 0 Å². The second-order valence-electron chi connectivity index (χ2n) is 5.56. The molecule has 1 aromatic carbocycles. The van der Waals surface area contributed by atoms with Gasteiger partial charge in [-0.3, -0.25) is 9.59 Å². The molecule has 1 fully saturated rings. The highest BCUT2D eigenvalue weighted by Gasteiger charge is 2.18. The van der Waals surface area contributed by atoms with Gasteiger partial charge in [0, 0.05) is 30.4 Å². The van der Waals surface area contributed by atoms with Crippen LogP contribution in [0.2, 0.25) is 0 Å². The highest BCUT2D eigenvalue weighted by molar-refractivity contribution is 5.94. The maximum absolute atomic E-state index is 12.3. The molecule has 1 heterocycles. The maximum atomic E-state index is 12.3. The first-order valence-corrected chi connectivity index (χ1v) is 7.56. The molecule has 0 spiro atoms. The number of hydrogen-bond donors (Lipinski definition) is 2. The molecule has 22 heavy (non-hydrogen) atoms. The SMILES string of the molecule is CC(C)NC(=O)CNc1ccc(C(=O)N2CCOCC2)cc1. The first-order valence-electron chi connectivity index (χ1n) is 7.56. The number of benzene rings is 1. The third kappa shape index (κ3) is 4.73. The average Bonchev–Trinajstić information content (AvgIpc) is 2.53. The smallest absolute Gasteiger partial charge is 0.254 e. The topological polar surface area (TPSA) is 70.7 Å². The number of anilines is 1. The van der Waals surface area contributed by atoms with E-state index in [1.54, 1.807) is 17.0 Å². The zero-order chi connectivity index (χ0) is 15.9. The predicted molar refractivity (Wildman–Crippen MR) is 84.9 cm³/mol. The Kier molecular flexibility index (Phi) is 5.77. The number of carbonyl (C=O) groups excluding carboxylic acids is 2. The van der Waals surface area contributed by atoms with Crippen LogP contribution in [0.5, 0.6) is 0 Å². The number of rotatable bonds is 5. The first-order chi connectivity index (χ1) is 10.6. The van der Waals surface area contributed by atoms with Gasteiger partial charge >= 0.3 is 0 Å². The summed E-state index contributed by atoms with van der Waals surface area (Å²) in [4.78, 5) is 25.6. The largest absolute Gasteiger partial charge is 0.378 e. The summed E-state index contributed by atoms with van der Waals surface area (Å²) < 4.78 is 5.24. The van der Waals surface area contributed by atoms with Crippen LogP contribution in [0.1, 0.15) is 24.2 Å². The second kappa shape index (κ2) is 7.79. The lowest BCUT2D eigenvalue weighted by Crippen LogP contribution is -2.40. The molecule has 1 aliphatic heterocycles. The lowest BCUT2D eigenvalue weighted by molar-refractivity contribution is -0.119. The molecule has 0 atom stereocenters. The molecular formula is C16H23N3O3. The molecule has 1 saturated heterocycles. The van der Waals surface area contributed by atoms with Crippen LogP contribution in [0.25, 0.3) is 0 Å². The zero-order valence-electron chi connectivity index (χ0n) is 13.1. The Morgan fingerprint density at radius 1 is 1.18 bits per heavy atom. The third-order valence-corrected chi connectivity index (χ3v) is 3.33. The average molecular weight is 305 g/mol. The molecule has 2 amide bonds. The van der Waals surface area contributed by atoms with Crippen LogP contribution in [0.15, 0.2) is 24.3 Å². The molecule has 1 aliphatic rings. The number of nitrogens with zero attached hydrogens (tertiary/aromatic N) is 1. The molecule has 0 bridgehead atoms. The number of ether oxygens (including phenoxy) is 1. The van der Waals surface area contributed by atoms with Gasteiger partial charge < -0.3 is 20.3 Å². The number of hydrogen-bond acceptors (Lipinski definition) is 4. The molecule has 6 nitrogen and oxygen atoms in total. The Morgan fingerprint density at radius 2 is 1.82 bits per heavy atom. The van der Waals surface area contributed by atoms with Gasteiger partial charge in [-0.25, -0.2) is 0 Å². The summed E-state index contributed by atoms with van der Waals surface area (Å²) >= 11 is 0. The summed E-state index contributed by atoms with van der Waals surface area (Å²) in [6.45, 7) is 6.51. The van der Waals surface area contributed by atoms with Crippen molar-refractivity contribution in [2.75, 3.05) is 38.2 Å². The molecule has 2 rings (SSSR count). The Morgan fingerprint density at radius 3 is 2.41 bits per heavy atom. The van der Waals surface area contributed by atoms with Crippen molar-refractivity contribution >= 4 is 17.5 Å². The van der Waals surface area contributed by atoms with E-state index in [1.807, 2.05) is 26.0 Å². The Balaban J connectivity index is 1.87. The van der Waals surface area contributed by atoms with Crippen molar-refractivity contribution in [3.8, 4) is 0 Å². The van der Waals surface area contributed by atoms with Crippen molar-refractivity contribution in [2.45, 2.75) is 19.9 Å². The van der Waals surface area contributed by atoms with E-state index >= 15 is 0 Å². The van der Waals surface area contributed by atoms with Crippen LogP contribution >= 0.6 is 0 Å². The fourth-order valence-corrected chi connectivity index (χ4v) is 2.24. The van der Waals surface area contributed by atoms with Crippen LogP contribution in [0.3, 0.4) is 0 Å². The van der Waals surface area contributed by atoms with Gasteiger partial charge in [0.2, 0.25) is 5.91 Å². The molecular weight excluding hydrogens is 282 g/mol. The lowest BCUT2D eigenvalue weighted by atomic mass is 10.1. The molecule has 1 aromatic rings. The van der Waals surface area contributed by atoms with Crippen molar-refractivity contribution in [1.82, 2.24) is 10.2 Å². The summed E-state index contributed by atoms with van der Waals surface area (Å²) in [5.74, 6) is -0.0316. The minimum Gasteiger partial charge on any atom is -0.378 e. The van der Waals surface area contributed by atoms with Crippen LogP contribution in [-0.2, 0) is 9.53 Å². The van der Waals surface area contributed by atoms with E-state index < -0.39 is 0 Å². The van der Waals surface area contributed by atoms with Gasteiger partial charge in [0.25, 0.3) is 5.91 Å². The van der Waals surface area contributed by atoms with Crippen molar-refractivity contribution in [3.05, 3.63) is 29.8 Å². The monoisotopic (exact) mass is 305 g/mol. The van der Waals surface area contributed by atoms with E-state index in [0.29, 0.717) is 31.9 Å². The summed E-state index contributed by atoms with van der Waals surface area (Å²) in [6.07, 6.45) is 0. The summed E-state index contributed by atoms with van der Waals surface area (Å²) in [6, 6.07) is 7.32. The summed E-state index contributed by atoms with van der Waals surface area (Å²) in [5.41, 5.74) is 1.47. The molecule has 0 aliphatic carbocycles. The lowest BCUT2D eigenvalue weighted by Gasteiger charge is -2.26. The Hall–Kier alpha value is -2.08. The van der Waals surface area contributed by atoms with Gasteiger partial charge in [0.05, 0.1) is 19.8 Å². The van der Waals surface area contributed by atoms with Gasteiger partial charge in [0.15, 0.2) is 0 Å². The van der Waals surface area contributed by atoms with Crippen LogP contribution < -0.4 is 10.6 Å². The molecule has 6 heteroatoms. The zero-order valence-corrected chi connectivity index (χ0v) is 13.1. The van der Waals surface area contributed by atoms with Gasteiger partial charge in [-0.15, -0.1) is 0 Å². The van der Waals surface area contributed by atoms with Gasteiger partial charge in [0.1, 0.15) is 0 Å². The maximum Gasteiger partial charge on any atom is 0.254 e. The second-order valence-corrected chi connectivity index (χ2v) is 5.56. The highest BCUT2D eigenvalue weighted by atomic mass is 16.5. The van der Waals surface area contributed by atoms with E-state index in [-0.39, 0.29) is 24.4 Å². The number of morpholine rings is 1. The predicted octanol–water partition coefficient (Wildman–Crippen LogP) is 1.10. The van der Waals surface area contributed by atoms with Gasteiger partial charge in [-0.05, 0) is 38.1 Å². The van der Waals surface area contributed by atoms with E-state index in [2.05, 4.69) is 10.6 Å². The van der Waals surface area contributed by atoms with Gasteiger partial charge in [-0.2, -0.15) is 0 Å². The van der Waals surface area contributed by atoms with E-state index in [4.69, 9.17) is 4.74 Å². The van der Waals surface area contributed by atoms with Crippen molar-refractivity contribution in [2.24, 2.45) is 0 Å². The van der Waals surface area contributed by atoms with Crippen LogP contribution in [-0.4, -0.2) is 55.6 Å². The number of amides is 2. The molecule has 2 N–H and O–H groups in total. The number of nitrogens with one attached hydrogen (secondary N) is 2. The van der Waals surface area contributed by atoms with Crippen LogP contribution in [0.4, 0.5) is 5.69 Å². The van der Waals surface area contributed by atoms with E-state index in [0.717, 1.165) is 5.69 Å². The molecule has 120 valence electrons. The standard InChI is InChI=1S/C16H23N3O3/c1-12(2)18-15(20)11-17-14-5-3-13(4-6-14)16(21)19-7-9-22-10-8-19/h3-6,12,17H,7-11H2,1-2H3,(H,18,20). The summed E-state index contributed by atoms with van der Waals surface area (Å²) in [7, 11) is 0. The van der Waals surface area contributed by atoms with Crippen LogP contribution in [0, 0.1) is 0 Å². The molecule has 0 aromatic heterocycles. The fraction of sp³-hybridized carbons (Fsp3) is 0.500. The summed E-state index contributed by atoms with van der Waals surface area (Å²) in [5, 5.41) is 5.85. The number of carbonyl (C=O) groups is 2. The van der Waals surface area contributed by atoms with E-state index in [1.165, 1.54) is 0 Å². The molecule has 0 saturated carbocycles. The third-order valence-electron chi connectivity index (χ3n) is 3.33. The molecule has 0 radical (unpaired) electrons. The fourth-order valence-electron chi connectivity index (χ4n) is 2.24. The Labute approximate surface area is 130 Å². The van der Waals surface area contributed by atoms with E-state index in [9.17, 15) is 9.59 Å². The normalized spacial score (nSPS) is 14.8. The van der Waals surface area contributed by atoms with Crippen molar-refractivity contribution in [1.29, 1.82) is 0 Å². The Bertz CT molecular complexity index is 508. The minimum absolute atomic E-state index is 0.0207. The quantitative estimate of drug-likeness (QED) is 0.854. The van der Waals surface area contributed by atoms with Crippen molar-refractivity contribution in [3.63, 3.8) is 0 Å². The molecule has 0 unspecified atom stereocenters. The van der Waals surface area contributed by atoms with Crippen molar-refractivity contribution < 1.29 is 14.3 Å². The highest BCUT2D eigenvalue weighted by Crippen LogP contribution is 2.12. The minimum atomic E-state index is -0.0523. The first kappa shape index (κ1) is 16.3.